The van der Waals surface area contributed by atoms with Gasteiger partial charge in [-0.3, -0.25) is 4.79 Å². The van der Waals surface area contributed by atoms with Crippen molar-refractivity contribution in [1.29, 1.82) is 0 Å². The summed E-state index contributed by atoms with van der Waals surface area (Å²) in [6.07, 6.45) is -3.68. The summed E-state index contributed by atoms with van der Waals surface area (Å²) in [5.74, 6) is -0.0761. The van der Waals surface area contributed by atoms with E-state index in [4.69, 9.17) is 4.74 Å². The number of nitrogens with one attached hydrogen (secondary N) is 1. The van der Waals surface area contributed by atoms with Crippen LogP contribution >= 0.6 is 0 Å². The average molecular weight is 307 g/mol. The monoisotopic (exact) mass is 307 g/mol. The standard InChI is InChI=1S/C15H11F2NO4/c16-15(17)21-12-7-6-10(8-13(12)22-15)18-14(19)9-20-11-4-2-1-3-5-11/h1-8H,9H2,(H,18,19). The molecule has 2 aromatic rings. The molecule has 7 heteroatoms. The molecular formula is C15H11F2NO4. The van der Waals surface area contributed by atoms with Gasteiger partial charge >= 0.3 is 6.29 Å². The first-order valence-electron chi connectivity index (χ1n) is 6.39. The number of anilines is 1. The number of hydrogen-bond donors (Lipinski definition) is 1. The van der Waals surface area contributed by atoms with Crippen LogP contribution in [0.4, 0.5) is 14.5 Å². The highest BCUT2D eigenvalue weighted by Crippen LogP contribution is 2.42. The Morgan fingerprint density at radius 3 is 2.59 bits per heavy atom. The largest absolute Gasteiger partial charge is 0.586 e. The molecule has 0 fully saturated rings. The van der Waals surface area contributed by atoms with Crippen molar-refractivity contribution in [1.82, 2.24) is 0 Å². The summed E-state index contributed by atoms with van der Waals surface area (Å²) in [6.45, 7) is -0.200. The molecule has 0 atom stereocenters. The molecule has 0 bridgehead atoms. The van der Waals surface area contributed by atoms with E-state index in [-0.39, 0.29) is 18.1 Å². The summed E-state index contributed by atoms with van der Waals surface area (Å²) >= 11 is 0. The molecule has 1 aliphatic heterocycles. The van der Waals surface area contributed by atoms with E-state index in [1.807, 2.05) is 6.07 Å². The summed E-state index contributed by atoms with van der Waals surface area (Å²) in [5.41, 5.74) is 0.307. The van der Waals surface area contributed by atoms with E-state index in [0.29, 0.717) is 11.4 Å². The Bertz CT molecular complexity index is 691. The minimum atomic E-state index is -3.68. The number of alkyl halides is 2. The lowest BCUT2D eigenvalue weighted by Gasteiger charge is -2.07. The average Bonchev–Trinajstić information content (AvgIpc) is 2.79. The van der Waals surface area contributed by atoms with Crippen LogP contribution in [-0.2, 0) is 4.79 Å². The molecule has 0 aromatic heterocycles. The van der Waals surface area contributed by atoms with Gasteiger partial charge in [0.2, 0.25) is 0 Å². The Balaban J connectivity index is 1.59. The highest BCUT2D eigenvalue weighted by Gasteiger charge is 2.43. The van der Waals surface area contributed by atoms with Crippen molar-refractivity contribution < 1.29 is 27.8 Å². The van der Waals surface area contributed by atoms with E-state index in [2.05, 4.69) is 14.8 Å². The quantitative estimate of drug-likeness (QED) is 0.943. The fourth-order valence-electron chi connectivity index (χ4n) is 1.89. The van der Waals surface area contributed by atoms with Crippen LogP contribution in [0.25, 0.3) is 0 Å². The summed E-state index contributed by atoms with van der Waals surface area (Å²) in [5, 5.41) is 2.52. The van der Waals surface area contributed by atoms with Gasteiger partial charge in [0.05, 0.1) is 0 Å². The van der Waals surface area contributed by atoms with Crippen LogP contribution in [0.2, 0.25) is 0 Å². The summed E-state index contributed by atoms with van der Waals surface area (Å²) < 4.78 is 39.6. The normalized spacial score (nSPS) is 14.5. The molecule has 22 heavy (non-hydrogen) atoms. The van der Waals surface area contributed by atoms with Crippen LogP contribution in [0, 0.1) is 0 Å². The lowest BCUT2D eigenvalue weighted by Crippen LogP contribution is -2.25. The SMILES string of the molecule is O=C(COc1ccccc1)Nc1ccc2c(c1)OC(F)(F)O2. The molecule has 5 nitrogen and oxygen atoms in total. The minimum absolute atomic E-state index is 0.0801. The molecule has 3 rings (SSSR count). The molecule has 1 amide bonds. The molecule has 1 aliphatic rings. The van der Waals surface area contributed by atoms with Crippen molar-refractivity contribution in [3.8, 4) is 17.2 Å². The van der Waals surface area contributed by atoms with Crippen LogP contribution < -0.4 is 19.5 Å². The van der Waals surface area contributed by atoms with Crippen LogP contribution in [0.3, 0.4) is 0 Å². The van der Waals surface area contributed by atoms with Crippen LogP contribution in [-0.4, -0.2) is 18.8 Å². The highest BCUT2D eigenvalue weighted by atomic mass is 19.3. The zero-order valence-electron chi connectivity index (χ0n) is 11.2. The molecule has 2 aromatic carbocycles. The molecule has 0 saturated carbocycles. The number of fused-ring (bicyclic) bond motifs is 1. The Morgan fingerprint density at radius 1 is 1.09 bits per heavy atom. The van der Waals surface area contributed by atoms with E-state index in [0.717, 1.165) is 0 Å². The molecule has 0 unspecified atom stereocenters. The number of halogens is 2. The Kier molecular flexibility index (Phi) is 3.54. The maximum Gasteiger partial charge on any atom is 0.586 e. The third-order valence-corrected chi connectivity index (χ3v) is 2.80. The van der Waals surface area contributed by atoms with Gasteiger partial charge in [0.1, 0.15) is 5.75 Å². The van der Waals surface area contributed by atoms with Crippen molar-refractivity contribution in [2.75, 3.05) is 11.9 Å². The predicted molar refractivity (Wildman–Crippen MR) is 73.2 cm³/mol. The van der Waals surface area contributed by atoms with Crippen molar-refractivity contribution in [2.24, 2.45) is 0 Å². The van der Waals surface area contributed by atoms with E-state index >= 15 is 0 Å². The van der Waals surface area contributed by atoms with Crippen molar-refractivity contribution >= 4 is 11.6 Å². The second kappa shape index (κ2) is 5.51. The van der Waals surface area contributed by atoms with E-state index in [9.17, 15) is 13.6 Å². The number of rotatable bonds is 4. The molecule has 0 saturated heterocycles. The maximum absolute atomic E-state index is 12.9. The van der Waals surface area contributed by atoms with Crippen molar-refractivity contribution in [3.05, 3.63) is 48.5 Å². The second-order valence-electron chi connectivity index (χ2n) is 4.48. The lowest BCUT2D eigenvalue weighted by atomic mass is 10.3. The molecule has 114 valence electrons. The Labute approximate surface area is 124 Å². The highest BCUT2D eigenvalue weighted by molar-refractivity contribution is 5.92. The van der Waals surface area contributed by atoms with Gasteiger partial charge in [0, 0.05) is 11.8 Å². The zero-order valence-corrected chi connectivity index (χ0v) is 11.2. The van der Waals surface area contributed by atoms with Gasteiger partial charge < -0.3 is 19.5 Å². The van der Waals surface area contributed by atoms with Gasteiger partial charge in [0.25, 0.3) is 5.91 Å². The topological polar surface area (TPSA) is 56.8 Å². The number of para-hydroxylation sites is 1. The molecule has 0 aliphatic carbocycles. The van der Waals surface area contributed by atoms with Gasteiger partial charge in [-0.15, -0.1) is 8.78 Å². The number of carbonyl (C=O) groups excluding carboxylic acids is 1. The summed E-state index contributed by atoms with van der Waals surface area (Å²) in [6, 6.07) is 12.8. The van der Waals surface area contributed by atoms with E-state index in [1.54, 1.807) is 24.3 Å². The minimum Gasteiger partial charge on any atom is -0.484 e. The zero-order chi connectivity index (χ0) is 15.6. The van der Waals surface area contributed by atoms with Gasteiger partial charge in [0.15, 0.2) is 18.1 Å². The number of hydrogen-bond acceptors (Lipinski definition) is 4. The fraction of sp³-hybridized carbons (Fsp3) is 0.133. The number of amides is 1. The molecular weight excluding hydrogens is 296 g/mol. The Morgan fingerprint density at radius 2 is 1.82 bits per heavy atom. The van der Waals surface area contributed by atoms with Gasteiger partial charge in [-0.25, -0.2) is 0 Å². The predicted octanol–water partition coefficient (Wildman–Crippen LogP) is 3.03. The number of carbonyl (C=O) groups is 1. The summed E-state index contributed by atoms with van der Waals surface area (Å²) in [7, 11) is 0. The van der Waals surface area contributed by atoms with Crippen molar-refractivity contribution in [3.63, 3.8) is 0 Å². The maximum atomic E-state index is 12.9. The summed E-state index contributed by atoms with van der Waals surface area (Å²) in [4.78, 5) is 11.8. The van der Waals surface area contributed by atoms with Crippen molar-refractivity contribution in [2.45, 2.75) is 6.29 Å². The van der Waals surface area contributed by atoms with Gasteiger partial charge in [-0.05, 0) is 24.3 Å². The second-order valence-corrected chi connectivity index (χ2v) is 4.48. The smallest absolute Gasteiger partial charge is 0.484 e. The molecule has 1 heterocycles. The van der Waals surface area contributed by atoms with E-state index in [1.165, 1.54) is 18.2 Å². The van der Waals surface area contributed by atoms with Gasteiger partial charge in [-0.2, -0.15) is 0 Å². The van der Waals surface area contributed by atoms with Crippen LogP contribution in [0.5, 0.6) is 17.2 Å². The first-order valence-corrected chi connectivity index (χ1v) is 6.39. The third-order valence-electron chi connectivity index (χ3n) is 2.80. The first-order chi connectivity index (χ1) is 10.5. The fourth-order valence-corrected chi connectivity index (χ4v) is 1.89. The molecule has 1 N–H and O–H groups in total. The molecule has 0 radical (unpaired) electrons. The van der Waals surface area contributed by atoms with E-state index < -0.39 is 12.2 Å². The first kappa shape index (κ1) is 14.1. The number of benzene rings is 2. The molecule has 0 spiro atoms. The third kappa shape index (κ3) is 3.25. The Hall–Kier alpha value is -2.83. The van der Waals surface area contributed by atoms with Crippen LogP contribution in [0.1, 0.15) is 0 Å². The van der Waals surface area contributed by atoms with Gasteiger partial charge in [-0.1, -0.05) is 18.2 Å². The lowest BCUT2D eigenvalue weighted by molar-refractivity contribution is -0.286. The number of ether oxygens (including phenoxy) is 3. The van der Waals surface area contributed by atoms with Crippen LogP contribution in [0.15, 0.2) is 48.5 Å².